The molecule has 1 aromatic rings. The molecule has 1 amide bonds. The van der Waals surface area contributed by atoms with Crippen LogP contribution >= 0.6 is 0 Å². The van der Waals surface area contributed by atoms with Crippen molar-refractivity contribution in [1.82, 2.24) is 10.3 Å². The van der Waals surface area contributed by atoms with Crippen molar-refractivity contribution < 1.29 is 9.53 Å². The molecule has 1 rings (SSSR count). The zero-order chi connectivity index (χ0) is 15.0. The average molecular weight is 271 g/mol. The van der Waals surface area contributed by atoms with Gasteiger partial charge in [-0.3, -0.25) is 0 Å². The molecule has 5 heteroatoms. The fourth-order valence-corrected chi connectivity index (χ4v) is 1.23. The molecule has 0 saturated carbocycles. The van der Waals surface area contributed by atoms with Crippen LogP contribution in [0.25, 0.3) is 0 Å². The van der Waals surface area contributed by atoms with Gasteiger partial charge in [-0.2, -0.15) is 5.26 Å². The minimum absolute atomic E-state index is 0.415. The number of carbonyl (C=O) groups is 1. The van der Waals surface area contributed by atoms with Gasteiger partial charge in [0.05, 0.1) is 5.56 Å². The molecule has 0 aliphatic rings. The maximum Gasteiger partial charge on any atom is 0.407 e. The molecule has 0 aliphatic carbocycles. The molecule has 104 valence electrons. The Hall–Kier alpha value is -2.53. The summed E-state index contributed by atoms with van der Waals surface area (Å²) >= 11 is 0. The molecule has 1 heterocycles. The lowest BCUT2D eigenvalue weighted by Gasteiger charge is -2.19. The number of alkyl carbamates (subject to hydrolysis) is 1. The zero-order valence-electron chi connectivity index (χ0n) is 11.9. The summed E-state index contributed by atoms with van der Waals surface area (Å²) in [6.07, 6.45) is 1.53. The molecule has 0 bridgehead atoms. The van der Waals surface area contributed by atoms with E-state index in [4.69, 9.17) is 10.00 Å². The van der Waals surface area contributed by atoms with Crippen LogP contribution in [0.1, 0.15) is 38.4 Å². The zero-order valence-corrected chi connectivity index (χ0v) is 11.9. The summed E-state index contributed by atoms with van der Waals surface area (Å²) in [4.78, 5) is 15.4. The summed E-state index contributed by atoms with van der Waals surface area (Å²) < 4.78 is 5.09. The molecule has 0 unspecified atom stereocenters. The van der Waals surface area contributed by atoms with Crippen LogP contribution in [0.4, 0.5) is 4.79 Å². The molecule has 0 aliphatic heterocycles. The van der Waals surface area contributed by atoms with E-state index in [1.807, 2.05) is 26.8 Å². The fourth-order valence-electron chi connectivity index (χ4n) is 1.23. The molecule has 0 spiro atoms. The number of hydrogen-bond acceptors (Lipinski definition) is 4. The Labute approximate surface area is 119 Å². The van der Waals surface area contributed by atoms with Crippen molar-refractivity contribution in [2.24, 2.45) is 0 Å². The number of hydrogen-bond donors (Lipinski definition) is 1. The van der Waals surface area contributed by atoms with E-state index in [0.717, 1.165) is 0 Å². The van der Waals surface area contributed by atoms with Gasteiger partial charge in [-0.15, -0.1) is 0 Å². The highest BCUT2D eigenvalue weighted by Gasteiger charge is 2.15. The Kier molecular flexibility index (Phi) is 5.56. The van der Waals surface area contributed by atoms with Crippen molar-refractivity contribution in [2.45, 2.75) is 32.8 Å². The lowest BCUT2D eigenvalue weighted by atomic mass is 10.2. The Bertz CT molecular complexity index is 554. The number of pyridine rings is 1. The average Bonchev–Trinajstić information content (AvgIpc) is 2.37. The van der Waals surface area contributed by atoms with Crippen LogP contribution in [0.15, 0.2) is 18.3 Å². The molecule has 20 heavy (non-hydrogen) atoms. The molecule has 5 nitrogen and oxygen atoms in total. The normalized spacial score (nSPS) is 9.90. The van der Waals surface area contributed by atoms with Crippen LogP contribution in [0.5, 0.6) is 0 Å². The minimum Gasteiger partial charge on any atom is -0.444 e. The SMILES string of the molecule is CC(C)(C)OC(=O)NCCC#Cc1ccc(C#N)cn1. The summed E-state index contributed by atoms with van der Waals surface area (Å²) in [6, 6.07) is 5.34. The molecular weight excluding hydrogens is 254 g/mol. The first-order valence-electron chi connectivity index (χ1n) is 6.22. The van der Waals surface area contributed by atoms with Gasteiger partial charge in [0.25, 0.3) is 0 Å². The molecule has 0 saturated heterocycles. The summed E-state index contributed by atoms with van der Waals surface area (Å²) in [7, 11) is 0. The van der Waals surface area contributed by atoms with Gasteiger partial charge < -0.3 is 10.1 Å². The number of nitrogens with one attached hydrogen (secondary N) is 1. The second-order valence-electron chi connectivity index (χ2n) is 5.02. The molecule has 0 radical (unpaired) electrons. The monoisotopic (exact) mass is 271 g/mol. The second kappa shape index (κ2) is 7.16. The summed E-state index contributed by atoms with van der Waals surface area (Å²) in [6.45, 7) is 5.84. The standard InChI is InChI=1S/C15H17N3O2/c1-15(2,3)20-14(19)17-9-5-4-6-13-8-7-12(10-16)11-18-13/h7-8,11H,5,9H2,1-3H3,(H,17,19). The van der Waals surface area contributed by atoms with E-state index in [0.29, 0.717) is 24.2 Å². The number of amides is 1. The van der Waals surface area contributed by atoms with Gasteiger partial charge in [0.15, 0.2) is 0 Å². The van der Waals surface area contributed by atoms with Gasteiger partial charge in [-0.05, 0) is 38.8 Å². The van der Waals surface area contributed by atoms with Crippen molar-refractivity contribution in [3.05, 3.63) is 29.6 Å². The second-order valence-corrected chi connectivity index (χ2v) is 5.02. The van der Waals surface area contributed by atoms with Crippen LogP contribution < -0.4 is 5.32 Å². The lowest BCUT2D eigenvalue weighted by molar-refractivity contribution is 0.0529. The van der Waals surface area contributed by atoms with Gasteiger partial charge in [-0.25, -0.2) is 9.78 Å². The quantitative estimate of drug-likeness (QED) is 0.661. The van der Waals surface area contributed by atoms with E-state index in [1.165, 1.54) is 6.20 Å². The Balaban J connectivity index is 2.33. The maximum atomic E-state index is 11.3. The fraction of sp³-hybridized carbons (Fsp3) is 0.400. The van der Waals surface area contributed by atoms with Crippen molar-refractivity contribution in [1.29, 1.82) is 5.26 Å². The van der Waals surface area contributed by atoms with Gasteiger partial charge >= 0.3 is 6.09 Å². The van der Waals surface area contributed by atoms with Crippen LogP contribution in [-0.4, -0.2) is 23.2 Å². The van der Waals surface area contributed by atoms with Gasteiger partial charge in [-0.1, -0.05) is 5.92 Å². The van der Waals surface area contributed by atoms with Gasteiger partial charge in [0, 0.05) is 19.2 Å². The first-order chi connectivity index (χ1) is 9.40. The van der Waals surface area contributed by atoms with Gasteiger partial charge in [0.2, 0.25) is 0 Å². The van der Waals surface area contributed by atoms with E-state index >= 15 is 0 Å². The summed E-state index contributed by atoms with van der Waals surface area (Å²) in [5.74, 6) is 5.75. The predicted octanol–water partition coefficient (Wildman–Crippen LogP) is 2.22. The third-order valence-corrected chi connectivity index (χ3v) is 2.03. The first kappa shape index (κ1) is 15.5. The number of aromatic nitrogens is 1. The van der Waals surface area contributed by atoms with Crippen molar-refractivity contribution in [2.75, 3.05) is 6.54 Å². The number of carbonyl (C=O) groups excluding carboxylic acids is 1. The largest absolute Gasteiger partial charge is 0.444 e. The highest BCUT2D eigenvalue weighted by atomic mass is 16.6. The Morgan fingerprint density at radius 3 is 2.75 bits per heavy atom. The predicted molar refractivity (Wildman–Crippen MR) is 74.7 cm³/mol. The van der Waals surface area contributed by atoms with Crippen LogP contribution in [0.3, 0.4) is 0 Å². The highest BCUT2D eigenvalue weighted by molar-refractivity contribution is 5.67. The molecular formula is C15H17N3O2. The van der Waals surface area contributed by atoms with Crippen LogP contribution in [0.2, 0.25) is 0 Å². The molecule has 1 aromatic heterocycles. The van der Waals surface area contributed by atoms with E-state index < -0.39 is 11.7 Å². The number of nitrogens with zero attached hydrogens (tertiary/aromatic N) is 2. The van der Waals surface area contributed by atoms with Gasteiger partial charge in [0.1, 0.15) is 17.4 Å². The van der Waals surface area contributed by atoms with Crippen LogP contribution in [-0.2, 0) is 4.74 Å². The Morgan fingerprint density at radius 1 is 1.45 bits per heavy atom. The highest BCUT2D eigenvalue weighted by Crippen LogP contribution is 2.06. The molecule has 1 N–H and O–H groups in total. The molecule has 0 atom stereocenters. The third kappa shape index (κ3) is 6.42. The Morgan fingerprint density at radius 2 is 2.20 bits per heavy atom. The minimum atomic E-state index is -0.498. The topological polar surface area (TPSA) is 75.0 Å². The smallest absolute Gasteiger partial charge is 0.407 e. The van der Waals surface area contributed by atoms with Crippen molar-refractivity contribution >= 4 is 6.09 Å². The maximum absolute atomic E-state index is 11.3. The lowest BCUT2D eigenvalue weighted by Crippen LogP contribution is -2.32. The number of nitriles is 1. The number of rotatable bonds is 2. The van der Waals surface area contributed by atoms with E-state index in [2.05, 4.69) is 22.1 Å². The van der Waals surface area contributed by atoms with E-state index in [1.54, 1.807) is 12.1 Å². The van der Waals surface area contributed by atoms with E-state index in [-0.39, 0.29) is 0 Å². The summed E-state index contributed by atoms with van der Waals surface area (Å²) in [5, 5.41) is 11.2. The summed E-state index contributed by atoms with van der Waals surface area (Å²) in [5.41, 5.74) is 0.603. The molecule has 0 aromatic carbocycles. The van der Waals surface area contributed by atoms with Crippen molar-refractivity contribution in [3.63, 3.8) is 0 Å². The van der Waals surface area contributed by atoms with Crippen LogP contribution in [0, 0.1) is 23.2 Å². The number of ether oxygens (including phenoxy) is 1. The van der Waals surface area contributed by atoms with E-state index in [9.17, 15) is 4.79 Å². The first-order valence-corrected chi connectivity index (χ1v) is 6.22. The third-order valence-electron chi connectivity index (χ3n) is 2.03. The van der Waals surface area contributed by atoms with Crippen molar-refractivity contribution in [3.8, 4) is 17.9 Å². The molecule has 0 fully saturated rings.